The van der Waals surface area contributed by atoms with Crippen molar-refractivity contribution in [1.82, 2.24) is 5.32 Å². The fourth-order valence-electron chi connectivity index (χ4n) is 1.86. The third kappa shape index (κ3) is 5.19. The van der Waals surface area contributed by atoms with Gasteiger partial charge < -0.3 is 10.1 Å². The Bertz CT molecular complexity index is 599. The van der Waals surface area contributed by atoms with Crippen LogP contribution < -0.4 is 10.1 Å². The molecule has 0 unspecified atom stereocenters. The Morgan fingerprint density at radius 3 is 2.43 bits per heavy atom. The van der Waals surface area contributed by atoms with E-state index in [-0.39, 0.29) is 0 Å². The largest absolute Gasteiger partial charge is 0.489 e. The van der Waals surface area contributed by atoms with Crippen molar-refractivity contribution in [3.63, 3.8) is 0 Å². The van der Waals surface area contributed by atoms with E-state index in [9.17, 15) is 0 Å². The van der Waals surface area contributed by atoms with Crippen molar-refractivity contribution < 1.29 is 4.74 Å². The minimum atomic E-state index is 0.457. The van der Waals surface area contributed by atoms with E-state index >= 15 is 0 Å². The van der Waals surface area contributed by atoms with Crippen molar-refractivity contribution in [3.8, 4) is 5.75 Å². The molecule has 0 amide bonds. The lowest BCUT2D eigenvalue weighted by Gasteiger charge is -2.10. The average molecular weight is 389 g/mol. The van der Waals surface area contributed by atoms with Gasteiger partial charge in [-0.2, -0.15) is 0 Å². The van der Waals surface area contributed by atoms with Crippen LogP contribution in [0.1, 0.15) is 18.1 Å². The molecule has 0 heterocycles. The van der Waals surface area contributed by atoms with Crippen molar-refractivity contribution in [2.75, 3.05) is 6.54 Å². The molecule has 112 valence electrons. The fourth-order valence-corrected chi connectivity index (χ4v) is 2.91. The van der Waals surface area contributed by atoms with Gasteiger partial charge in [0.05, 0.1) is 0 Å². The molecule has 0 atom stereocenters. The van der Waals surface area contributed by atoms with E-state index in [1.54, 1.807) is 18.2 Å². The smallest absolute Gasteiger partial charge is 0.122 e. The maximum absolute atomic E-state index is 5.95. The molecule has 0 fully saturated rings. The molecule has 5 heteroatoms. The molecule has 2 aromatic carbocycles. The molecule has 1 N–H and O–H groups in total. The van der Waals surface area contributed by atoms with Gasteiger partial charge in [0.25, 0.3) is 0 Å². The van der Waals surface area contributed by atoms with E-state index in [4.69, 9.17) is 27.9 Å². The number of benzene rings is 2. The number of ether oxygens (including phenoxy) is 1. The molecule has 21 heavy (non-hydrogen) atoms. The number of hydrogen-bond donors (Lipinski definition) is 1. The number of halogens is 3. The third-order valence-corrected chi connectivity index (χ3v) is 4.10. The van der Waals surface area contributed by atoms with Crippen LogP contribution in [-0.2, 0) is 13.2 Å². The summed E-state index contributed by atoms with van der Waals surface area (Å²) in [6.07, 6.45) is 0. The predicted octanol–water partition coefficient (Wildman–Crippen LogP) is 5.44. The normalized spacial score (nSPS) is 10.7. The molecule has 0 aliphatic rings. The molecule has 0 aromatic heterocycles. The molecule has 2 rings (SSSR count). The molecule has 2 aromatic rings. The summed E-state index contributed by atoms with van der Waals surface area (Å²) in [5, 5.41) is 4.43. The van der Waals surface area contributed by atoms with E-state index < -0.39 is 0 Å². The predicted molar refractivity (Wildman–Crippen MR) is 92.3 cm³/mol. The maximum atomic E-state index is 5.95. The Morgan fingerprint density at radius 2 is 1.81 bits per heavy atom. The Kier molecular flexibility index (Phi) is 6.37. The van der Waals surface area contributed by atoms with Crippen LogP contribution in [0.3, 0.4) is 0 Å². The van der Waals surface area contributed by atoms with Crippen LogP contribution >= 0.6 is 39.1 Å². The van der Waals surface area contributed by atoms with Crippen molar-refractivity contribution in [2.45, 2.75) is 20.1 Å². The minimum Gasteiger partial charge on any atom is -0.489 e. The summed E-state index contributed by atoms with van der Waals surface area (Å²) in [6, 6.07) is 11.4. The first-order chi connectivity index (χ1) is 10.1. The Labute approximate surface area is 143 Å². The molecule has 0 saturated heterocycles. The summed E-state index contributed by atoms with van der Waals surface area (Å²) in [5.41, 5.74) is 2.31. The average Bonchev–Trinajstić information content (AvgIpc) is 2.43. The maximum Gasteiger partial charge on any atom is 0.122 e. The van der Waals surface area contributed by atoms with Crippen LogP contribution in [-0.4, -0.2) is 6.54 Å². The highest BCUT2D eigenvalue weighted by Crippen LogP contribution is 2.26. The molecule has 2 nitrogen and oxygen atoms in total. The van der Waals surface area contributed by atoms with Gasteiger partial charge in [-0.3, -0.25) is 0 Å². The molecule has 0 spiro atoms. The van der Waals surface area contributed by atoms with Crippen molar-refractivity contribution >= 4 is 39.1 Å². The molecule has 0 aliphatic carbocycles. The van der Waals surface area contributed by atoms with Crippen LogP contribution in [0.25, 0.3) is 0 Å². The molecule has 0 bridgehead atoms. The van der Waals surface area contributed by atoms with Gasteiger partial charge in [0.15, 0.2) is 0 Å². The molecule has 0 radical (unpaired) electrons. The quantitative estimate of drug-likeness (QED) is 0.710. The molecule has 0 aliphatic heterocycles. The van der Waals surface area contributed by atoms with Gasteiger partial charge in [-0.05, 0) is 36.4 Å². The van der Waals surface area contributed by atoms with E-state index in [1.807, 2.05) is 0 Å². The summed E-state index contributed by atoms with van der Waals surface area (Å²) >= 11 is 15.5. The van der Waals surface area contributed by atoms with E-state index in [0.29, 0.717) is 22.4 Å². The third-order valence-electron chi connectivity index (χ3n) is 2.93. The standard InChI is InChI=1S/C16H16BrCl2NO/c1-2-20-9-11-3-4-12(16(17)5-11)10-21-15-7-13(18)6-14(19)8-15/h3-8,20H,2,9-10H2,1H3. The summed E-state index contributed by atoms with van der Waals surface area (Å²) in [6.45, 7) is 4.37. The summed E-state index contributed by atoms with van der Waals surface area (Å²) < 4.78 is 6.77. The van der Waals surface area contributed by atoms with Gasteiger partial charge >= 0.3 is 0 Å². The molecular weight excluding hydrogens is 373 g/mol. The van der Waals surface area contributed by atoms with Gasteiger partial charge in [-0.1, -0.05) is 58.2 Å². The SMILES string of the molecule is CCNCc1ccc(COc2cc(Cl)cc(Cl)c2)c(Br)c1. The van der Waals surface area contributed by atoms with Gasteiger partial charge in [0.1, 0.15) is 12.4 Å². The van der Waals surface area contributed by atoms with Crippen molar-refractivity contribution in [3.05, 3.63) is 62.0 Å². The lowest BCUT2D eigenvalue weighted by molar-refractivity contribution is 0.305. The van der Waals surface area contributed by atoms with Gasteiger partial charge in [-0.25, -0.2) is 0 Å². The highest BCUT2D eigenvalue weighted by molar-refractivity contribution is 9.10. The topological polar surface area (TPSA) is 21.3 Å². The second-order valence-corrected chi connectivity index (χ2v) is 6.33. The van der Waals surface area contributed by atoms with Crippen LogP contribution in [0, 0.1) is 0 Å². The summed E-state index contributed by atoms with van der Waals surface area (Å²) in [5.74, 6) is 0.663. The first kappa shape index (κ1) is 16.6. The summed E-state index contributed by atoms with van der Waals surface area (Å²) in [4.78, 5) is 0. The minimum absolute atomic E-state index is 0.457. The van der Waals surface area contributed by atoms with Crippen molar-refractivity contribution in [1.29, 1.82) is 0 Å². The van der Waals surface area contributed by atoms with Gasteiger partial charge in [0.2, 0.25) is 0 Å². The fraction of sp³-hybridized carbons (Fsp3) is 0.250. The molecule has 0 saturated carbocycles. The highest BCUT2D eigenvalue weighted by Gasteiger charge is 2.04. The zero-order valence-electron chi connectivity index (χ0n) is 11.6. The van der Waals surface area contributed by atoms with Crippen LogP contribution in [0.4, 0.5) is 0 Å². The van der Waals surface area contributed by atoms with Crippen LogP contribution in [0.15, 0.2) is 40.9 Å². The van der Waals surface area contributed by atoms with E-state index in [2.05, 4.69) is 46.4 Å². The Hall–Kier alpha value is -0.740. The number of nitrogens with one attached hydrogen (secondary N) is 1. The highest BCUT2D eigenvalue weighted by atomic mass is 79.9. The van der Waals surface area contributed by atoms with Crippen molar-refractivity contribution in [2.24, 2.45) is 0 Å². The second-order valence-electron chi connectivity index (χ2n) is 4.60. The zero-order valence-corrected chi connectivity index (χ0v) is 14.7. The monoisotopic (exact) mass is 387 g/mol. The number of hydrogen-bond acceptors (Lipinski definition) is 2. The molecular formula is C16H16BrCl2NO. The van der Waals surface area contributed by atoms with Gasteiger partial charge in [0, 0.05) is 26.6 Å². The van der Waals surface area contributed by atoms with Crippen LogP contribution in [0.2, 0.25) is 10.0 Å². The van der Waals surface area contributed by atoms with E-state index in [0.717, 1.165) is 23.1 Å². The first-order valence-corrected chi connectivity index (χ1v) is 8.20. The first-order valence-electron chi connectivity index (χ1n) is 6.65. The number of rotatable bonds is 6. The van der Waals surface area contributed by atoms with Gasteiger partial charge in [-0.15, -0.1) is 0 Å². The zero-order chi connectivity index (χ0) is 15.2. The second kappa shape index (κ2) is 8.04. The lowest BCUT2D eigenvalue weighted by Crippen LogP contribution is -2.11. The summed E-state index contributed by atoms with van der Waals surface area (Å²) in [7, 11) is 0. The van der Waals surface area contributed by atoms with Crippen LogP contribution in [0.5, 0.6) is 5.75 Å². The Balaban J connectivity index is 2.02. The Morgan fingerprint density at radius 1 is 1.10 bits per heavy atom. The lowest BCUT2D eigenvalue weighted by atomic mass is 10.1. The van der Waals surface area contributed by atoms with E-state index in [1.165, 1.54) is 5.56 Å².